The molecule has 0 N–H and O–H groups in total. The van der Waals surface area contributed by atoms with Crippen molar-refractivity contribution in [1.82, 2.24) is 9.80 Å². The molecule has 0 atom stereocenters. The fourth-order valence-electron chi connectivity index (χ4n) is 3.38. The van der Waals surface area contributed by atoms with Gasteiger partial charge in [-0.2, -0.15) is 0 Å². The Morgan fingerprint density at radius 2 is 1.12 bits per heavy atom. The molecule has 134 valence electrons. The zero-order valence-electron chi connectivity index (χ0n) is 16.0. The zero-order chi connectivity index (χ0) is 17.8. The van der Waals surface area contributed by atoms with E-state index in [0.717, 1.165) is 25.9 Å². The molecule has 0 radical (unpaired) electrons. The van der Waals surface area contributed by atoms with E-state index in [1.54, 1.807) is 0 Å². The highest BCUT2D eigenvalue weighted by Gasteiger charge is 2.07. The molecule has 0 aliphatic carbocycles. The number of fused-ring (bicyclic) bond motifs is 3. The predicted octanol–water partition coefficient (Wildman–Crippen LogP) is 5.04. The second kappa shape index (κ2) is 8.31. The van der Waals surface area contributed by atoms with Crippen molar-refractivity contribution in [1.29, 1.82) is 0 Å². The summed E-state index contributed by atoms with van der Waals surface area (Å²) >= 11 is 1.92. The van der Waals surface area contributed by atoms with Gasteiger partial charge in [-0.3, -0.25) is 0 Å². The first kappa shape index (κ1) is 18.4. The summed E-state index contributed by atoms with van der Waals surface area (Å²) < 4.78 is 2.83. The SMILES string of the molecule is CN(C)CCCc1ccc2sc3ccc(CCCN(C)C)cc3c2c1. The van der Waals surface area contributed by atoms with Crippen LogP contribution in [0.15, 0.2) is 36.4 Å². The molecule has 0 unspecified atom stereocenters. The Hall–Kier alpha value is -1.42. The van der Waals surface area contributed by atoms with Crippen LogP contribution >= 0.6 is 11.3 Å². The molecular weight excluding hydrogens is 324 g/mol. The highest BCUT2D eigenvalue weighted by atomic mass is 32.1. The topological polar surface area (TPSA) is 6.48 Å². The first-order chi connectivity index (χ1) is 12.0. The second-order valence-corrected chi connectivity index (χ2v) is 8.66. The van der Waals surface area contributed by atoms with Crippen LogP contribution in [0.5, 0.6) is 0 Å². The van der Waals surface area contributed by atoms with Crippen molar-refractivity contribution < 1.29 is 0 Å². The lowest BCUT2D eigenvalue weighted by molar-refractivity contribution is 0.400. The molecule has 25 heavy (non-hydrogen) atoms. The van der Waals surface area contributed by atoms with Crippen molar-refractivity contribution in [3.63, 3.8) is 0 Å². The number of aryl methyl sites for hydroxylation is 2. The summed E-state index contributed by atoms with van der Waals surface area (Å²) in [6.45, 7) is 2.30. The van der Waals surface area contributed by atoms with Gasteiger partial charge in [0.1, 0.15) is 0 Å². The van der Waals surface area contributed by atoms with Crippen LogP contribution < -0.4 is 0 Å². The van der Waals surface area contributed by atoms with Gasteiger partial charge in [0.2, 0.25) is 0 Å². The molecule has 0 spiro atoms. The van der Waals surface area contributed by atoms with Gasteiger partial charge in [-0.05, 0) is 102 Å². The molecule has 3 rings (SSSR count). The molecule has 0 amide bonds. The number of thiophene rings is 1. The summed E-state index contributed by atoms with van der Waals surface area (Å²) in [5.74, 6) is 0. The molecule has 0 fully saturated rings. The maximum atomic E-state index is 2.42. The average Bonchev–Trinajstić information content (AvgIpc) is 2.92. The summed E-state index contributed by atoms with van der Waals surface area (Å²) in [5, 5.41) is 2.88. The van der Waals surface area contributed by atoms with Gasteiger partial charge in [0.15, 0.2) is 0 Å². The second-order valence-electron chi connectivity index (χ2n) is 7.58. The van der Waals surface area contributed by atoms with Crippen molar-refractivity contribution in [2.24, 2.45) is 0 Å². The van der Waals surface area contributed by atoms with E-state index in [4.69, 9.17) is 0 Å². The Morgan fingerprint density at radius 1 is 0.680 bits per heavy atom. The van der Waals surface area contributed by atoms with Crippen LogP contribution in [-0.4, -0.2) is 51.1 Å². The van der Waals surface area contributed by atoms with E-state index in [1.807, 2.05) is 11.3 Å². The van der Waals surface area contributed by atoms with E-state index in [-0.39, 0.29) is 0 Å². The van der Waals surface area contributed by atoms with Gasteiger partial charge >= 0.3 is 0 Å². The molecule has 1 aromatic heterocycles. The van der Waals surface area contributed by atoms with Crippen molar-refractivity contribution in [2.75, 3.05) is 41.3 Å². The summed E-state index contributed by atoms with van der Waals surface area (Å²) in [4.78, 5) is 4.52. The summed E-state index contributed by atoms with van der Waals surface area (Å²) in [6.07, 6.45) is 4.76. The van der Waals surface area contributed by atoms with Gasteiger partial charge < -0.3 is 9.80 Å². The molecule has 2 aromatic carbocycles. The van der Waals surface area contributed by atoms with Gasteiger partial charge in [0.25, 0.3) is 0 Å². The van der Waals surface area contributed by atoms with Gasteiger partial charge in [0.05, 0.1) is 0 Å². The quantitative estimate of drug-likeness (QED) is 0.559. The van der Waals surface area contributed by atoms with E-state index in [9.17, 15) is 0 Å². The molecule has 0 saturated heterocycles. The van der Waals surface area contributed by atoms with Crippen LogP contribution in [0.25, 0.3) is 20.2 Å². The minimum Gasteiger partial charge on any atom is -0.309 e. The molecule has 0 bridgehead atoms. The van der Waals surface area contributed by atoms with Gasteiger partial charge in [-0.25, -0.2) is 0 Å². The molecule has 0 saturated carbocycles. The van der Waals surface area contributed by atoms with Gasteiger partial charge in [-0.1, -0.05) is 12.1 Å². The van der Waals surface area contributed by atoms with E-state index in [0.29, 0.717) is 0 Å². The van der Waals surface area contributed by atoms with Crippen LogP contribution in [-0.2, 0) is 12.8 Å². The van der Waals surface area contributed by atoms with Crippen molar-refractivity contribution >= 4 is 31.5 Å². The summed E-state index contributed by atoms with van der Waals surface area (Å²) in [7, 11) is 8.58. The van der Waals surface area contributed by atoms with Crippen LogP contribution in [0.3, 0.4) is 0 Å². The molecule has 1 heterocycles. The average molecular weight is 355 g/mol. The van der Waals surface area contributed by atoms with Crippen LogP contribution in [0.1, 0.15) is 24.0 Å². The third-order valence-corrected chi connectivity index (χ3v) is 5.89. The molecular formula is C22H30N2S. The highest BCUT2D eigenvalue weighted by molar-refractivity contribution is 7.25. The molecule has 3 aromatic rings. The number of benzene rings is 2. The molecule has 2 nitrogen and oxygen atoms in total. The lowest BCUT2D eigenvalue weighted by atomic mass is 10.0. The Kier molecular flexibility index (Phi) is 6.10. The largest absolute Gasteiger partial charge is 0.309 e. The third-order valence-electron chi connectivity index (χ3n) is 4.74. The lowest BCUT2D eigenvalue weighted by Crippen LogP contribution is -2.13. The maximum absolute atomic E-state index is 2.42. The van der Waals surface area contributed by atoms with Crippen molar-refractivity contribution in [3.8, 4) is 0 Å². The van der Waals surface area contributed by atoms with Crippen molar-refractivity contribution in [2.45, 2.75) is 25.7 Å². The van der Waals surface area contributed by atoms with Crippen LogP contribution in [0, 0.1) is 0 Å². The minimum absolute atomic E-state index is 1.15. The number of hydrogen-bond donors (Lipinski definition) is 0. The van der Waals surface area contributed by atoms with Gasteiger partial charge in [0, 0.05) is 20.2 Å². The summed E-state index contributed by atoms with van der Waals surface area (Å²) in [5.41, 5.74) is 2.93. The van der Waals surface area contributed by atoms with Crippen molar-refractivity contribution in [3.05, 3.63) is 47.5 Å². The third kappa shape index (κ3) is 4.81. The fourth-order valence-corrected chi connectivity index (χ4v) is 4.45. The number of nitrogens with zero attached hydrogens (tertiary/aromatic N) is 2. The predicted molar refractivity (Wildman–Crippen MR) is 113 cm³/mol. The maximum Gasteiger partial charge on any atom is 0.0355 e. The number of rotatable bonds is 8. The van der Waals surface area contributed by atoms with Gasteiger partial charge in [-0.15, -0.1) is 11.3 Å². The lowest BCUT2D eigenvalue weighted by Gasteiger charge is -2.09. The first-order valence-corrected chi connectivity index (χ1v) is 10.1. The number of hydrogen-bond acceptors (Lipinski definition) is 3. The Morgan fingerprint density at radius 3 is 1.52 bits per heavy atom. The Labute approximate surface area is 156 Å². The first-order valence-electron chi connectivity index (χ1n) is 9.26. The van der Waals surface area contributed by atoms with Crippen LogP contribution in [0.2, 0.25) is 0 Å². The van der Waals surface area contributed by atoms with Crippen LogP contribution in [0.4, 0.5) is 0 Å². The van der Waals surface area contributed by atoms with E-state index in [1.165, 1.54) is 44.1 Å². The Balaban J connectivity index is 1.82. The standard InChI is InChI=1S/C22H30N2S/c1-23(2)13-5-7-17-9-11-21-19(15-17)20-16-18(8-6-14-24(3)4)10-12-22(20)25-21/h9-12,15-16H,5-8,13-14H2,1-4H3. The Bertz CT molecular complexity index is 764. The van der Waals surface area contributed by atoms with E-state index in [2.05, 4.69) is 74.4 Å². The minimum atomic E-state index is 1.15. The zero-order valence-corrected chi connectivity index (χ0v) is 16.8. The molecule has 0 aliphatic heterocycles. The normalized spacial score (nSPS) is 12.1. The highest BCUT2D eigenvalue weighted by Crippen LogP contribution is 2.35. The molecule has 3 heteroatoms. The fraction of sp³-hybridized carbons (Fsp3) is 0.455. The van der Waals surface area contributed by atoms with E-state index < -0.39 is 0 Å². The molecule has 0 aliphatic rings. The monoisotopic (exact) mass is 354 g/mol. The van der Waals surface area contributed by atoms with E-state index >= 15 is 0 Å². The summed E-state index contributed by atoms with van der Waals surface area (Å²) in [6, 6.07) is 14.1. The smallest absolute Gasteiger partial charge is 0.0355 e.